The van der Waals surface area contributed by atoms with E-state index >= 15 is 0 Å². The third kappa shape index (κ3) is 4.00. The topological polar surface area (TPSA) is 4.93 Å². The summed E-state index contributed by atoms with van der Waals surface area (Å²) in [5.74, 6) is 0. The van der Waals surface area contributed by atoms with Gasteiger partial charge in [0.05, 0.1) is 11.0 Å². The van der Waals surface area contributed by atoms with E-state index < -0.39 is 0 Å². The first kappa shape index (κ1) is 27.7. The maximum atomic E-state index is 2.45. The summed E-state index contributed by atoms with van der Waals surface area (Å²) in [5, 5.41) is 13.1. The molecule has 0 unspecified atom stereocenters. The van der Waals surface area contributed by atoms with Crippen LogP contribution < -0.4 is 0 Å². The molecule has 2 heteroatoms. The summed E-state index contributed by atoms with van der Waals surface area (Å²) in [4.78, 5) is 0. The Morgan fingerprint density at radius 1 is 0.320 bits per heavy atom. The number of para-hydroxylation sites is 1. The van der Waals surface area contributed by atoms with E-state index in [4.69, 9.17) is 0 Å². The number of fused-ring (bicyclic) bond motifs is 13. The van der Waals surface area contributed by atoms with Crippen molar-refractivity contribution in [2.75, 3.05) is 0 Å². The molecule has 0 atom stereocenters. The fraction of sp³-hybridized carbons (Fsp3) is 0. The van der Waals surface area contributed by atoms with Gasteiger partial charge in [-0.05, 0) is 97.0 Å². The Morgan fingerprint density at radius 2 is 0.860 bits per heavy atom. The van der Waals surface area contributed by atoms with Crippen molar-refractivity contribution in [2.24, 2.45) is 0 Å². The van der Waals surface area contributed by atoms with Crippen molar-refractivity contribution in [1.29, 1.82) is 0 Å². The lowest BCUT2D eigenvalue weighted by Crippen LogP contribution is -1.93. The zero-order valence-electron chi connectivity index (χ0n) is 27.1. The van der Waals surface area contributed by atoms with Crippen molar-refractivity contribution in [2.45, 2.75) is 0 Å². The van der Waals surface area contributed by atoms with Gasteiger partial charge in [0, 0.05) is 36.6 Å². The van der Waals surface area contributed by atoms with Crippen LogP contribution in [-0.4, -0.2) is 4.57 Å². The summed E-state index contributed by atoms with van der Waals surface area (Å²) < 4.78 is 5.13. The number of benzene rings is 9. The van der Waals surface area contributed by atoms with E-state index in [9.17, 15) is 0 Å². The molecule has 9 aromatic carbocycles. The number of hydrogen-bond acceptors (Lipinski definition) is 1. The monoisotopic (exact) mass is 651 g/mol. The highest BCUT2D eigenvalue weighted by molar-refractivity contribution is 7.26. The highest BCUT2D eigenvalue weighted by Gasteiger charge is 2.18. The van der Waals surface area contributed by atoms with E-state index in [1.165, 1.54) is 102 Å². The van der Waals surface area contributed by atoms with Gasteiger partial charge in [-0.3, -0.25) is 0 Å². The number of nitrogens with zero attached hydrogens (tertiary/aromatic N) is 1. The number of thiophene rings is 1. The van der Waals surface area contributed by atoms with Crippen LogP contribution in [0.1, 0.15) is 0 Å². The maximum absolute atomic E-state index is 2.45. The van der Waals surface area contributed by atoms with Crippen LogP contribution in [0.5, 0.6) is 0 Å². The lowest BCUT2D eigenvalue weighted by Gasteiger charge is -2.13. The predicted octanol–water partition coefficient (Wildman–Crippen LogP) is 13.9. The SMILES string of the molecule is c1ccc(-n2c3cc(-c4cccc(-c5ccc6c7ccccc7c7ccccc7c6c5)c4)ccc3c3c4sc5ccccc5c4ccc32)cc1. The molecule has 11 rings (SSSR count). The van der Waals surface area contributed by atoms with Crippen LogP contribution in [0.25, 0.3) is 102 Å². The van der Waals surface area contributed by atoms with E-state index in [-0.39, 0.29) is 0 Å². The molecule has 0 fully saturated rings. The normalized spacial score (nSPS) is 12.0. The molecule has 0 aliphatic carbocycles. The van der Waals surface area contributed by atoms with Gasteiger partial charge in [0.1, 0.15) is 0 Å². The molecule has 0 saturated carbocycles. The number of aromatic nitrogens is 1. The van der Waals surface area contributed by atoms with Crippen molar-refractivity contribution < 1.29 is 0 Å². The molecular formula is C48H29NS. The van der Waals surface area contributed by atoms with Crippen LogP contribution in [0.3, 0.4) is 0 Å². The molecule has 11 aromatic rings. The van der Waals surface area contributed by atoms with E-state index in [2.05, 4.69) is 180 Å². The second-order valence-electron chi connectivity index (χ2n) is 13.3. The van der Waals surface area contributed by atoms with Crippen LogP contribution in [0, 0.1) is 0 Å². The summed E-state index contributed by atoms with van der Waals surface area (Å²) >= 11 is 1.90. The zero-order chi connectivity index (χ0) is 32.8. The van der Waals surface area contributed by atoms with Crippen LogP contribution in [0.2, 0.25) is 0 Å². The Bertz CT molecular complexity index is 3110. The summed E-state index contributed by atoms with van der Waals surface area (Å²) in [5.41, 5.74) is 8.52. The van der Waals surface area contributed by atoms with E-state index in [1.54, 1.807) is 0 Å². The lowest BCUT2D eigenvalue weighted by molar-refractivity contribution is 1.18. The fourth-order valence-electron chi connectivity index (χ4n) is 8.28. The molecule has 1 nitrogen and oxygen atoms in total. The van der Waals surface area contributed by atoms with Gasteiger partial charge in [0.25, 0.3) is 0 Å². The molecule has 0 spiro atoms. The highest BCUT2D eigenvalue weighted by atomic mass is 32.1. The number of rotatable bonds is 3. The summed E-state index contributed by atoms with van der Waals surface area (Å²) in [6.07, 6.45) is 0. The van der Waals surface area contributed by atoms with E-state index in [1.807, 2.05) is 11.3 Å². The molecule has 0 radical (unpaired) electrons. The van der Waals surface area contributed by atoms with Crippen LogP contribution >= 0.6 is 11.3 Å². The van der Waals surface area contributed by atoms with E-state index in [0.717, 1.165) is 0 Å². The fourth-order valence-corrected chi connectivity index (χ4v) is 9.54. The van der Waals surface area contributed by atoms with Crippen molar-refractivity contribution >= 4 is 85.6 Å². The zero-order valence-corrected chi connectivity index (χ0v) is 27.9. The largest absolute Gasteiger partial charge is 0.309 e. The Labute approximate surface area is 292 Å². The van der Waals surface area contributed by atoms with E-state index in [0.29, 0.717) is 0 Å². The molecule has 0 N–H and O–H groups in total. The van der Waals surface area contributed by atoms with Crippen molar-refractivity contribution in [3.63, 3.8) is 0 Å². The Balaban J connectivity index is 1.11. The molecule has 232 valence electrons. The molecule has 0 amide bonds. The summed E-state index contributed by atoms with van der Waals surface area (Å²) in [6, 6.07) is 64.9. The average molecular weight is 652 g/mol. The molecule has 2 aromatic heterocycles. The lowest BCUT2D eigenvalue weighted by atomic mass is 9.91. The molecule has 50 heavy (non-hydrogen) atoms. The molecule has 0 aliphatic rings. The van der Waals surface area contributed by atoms with Crippen LogP contribution in [0.15, 0.2) is 176 Å². The maximum Gasteiger partial charge on any atom is 0.0555 e. The smallest absolute Gasteiger partial charge is 0.0555 e. The Morgan fingerprint density at radius 3 is 1.58 bits per heavy atom. The minimum absolute atomic E-state index is 1.18. The van der Waals surface area contributed by atoms with Gasteiger partial charge in [-0.25, -0.2) is 0 Å². The van der Waals surface area contributed by atoms with Gasteiger partial charge >= 0.3 is 0 Å². The quantitative estimate of drug-likeness (QED) is 0.168. The molecule has 0 bridgehead atoms. The van der Waals surface area contributed by atoms with Gasteiger partial charge in [-0.2, -0.15) is 0 Å². The third-order valence-electron chi connectivity index (χ3n) is 10.6. The first-order chi connectivity index (χ1) is 24.8. The van der Waals surface area contributed by atoms with Gasteiger partial charge in [-0.1, -0.05) is 133 Å². The molecular weight excluding hydrogens is 623 g/mol. The van der Waals surface area contributed by atoms with Gasteiger partial charge in [0.15, 0.2) is 0 Å². The van der Waals surface area contributed by atoms with Crippen LogP contribution in [0.4, 0.5) is 0 Å². The molecule has 0 saturated heterocycles. The third-order valence-corrected chi connectivity index (χ3v) is 11.8. The first-order valence-corrected chi connectivity index (χ1v) is 18.0. The van der Waals surface area contributed by atoms with Gasteiger partial charge in [-0.15, -0.1) is 11.3 Å². The standard InChI is InChI=1S/C48H29NS/c1-2-13-34(14-3-1)49-44-26-25-41-40-19-8-9-20-46(40)50-48(41)47(44)42-24-22-33(29-45(42)49)31-12-10-11-30(27-31)32-21-23-39-37-17-5-4-15-35(37)36-16-6-7-18-38(36)43(39)28-32/h1-29H. The summed E-state index contributed by atoms with van der Waals surface area (Å²) in [7, 11) is 0. The van der Waals surface area contributed by atoms with Crippen molar-refractivity contribution in [1.82, 2.24) is 4.57 Å². The molecule has 2 heterocycles. The first-order valence-electron chi connectivity index (χ1n) is 17.2. The second kappa shape index (κ2) is 10.6. The highest BCUT2D eigenvalue weighted by Crippen LogP contribution is 2.44. The second-order valence-corrected chi connectivity index (χ2v) is 14.3. The number of hydrogen-bond donors (Lipinski definition) is 0. The van der Waals surface area contributed by atoms with Gasteiger partial charge in [0.2, 0.25) is 0 Å². The Hall–Kier alpha value is -6.22. The van der Waals surface area contributed by atoms with Crippen LogP contribution in [-0.2, 0) is 0 Å². The average Bonchev–Trinajstić information content (AvgIpc) is 3.74. The molecule has 0 aliphatic heterocycles. The summed E-state index contributed by atoms with van der Waals surface area (Å²) in [6.45, 7) is 0. The minimum Gasteiger partial charge on any atom is -0.309 e. The minimum atomic E-state index is 1.18. The van der Waals surface area contributed by atoms with Gasteiger partial charge < -0.3 is 4.57 Å². The van der Waals surface area contributed by atoms with Crippen molar-refractivity contribution in [3.05, 3.63) is 176 Å². The Kier molecular flexibility index (Phi) is 5.89. The predicted molar refractivity (Wildman–Crippen MR) is 217 cm³/mol. The van der Waals surface area contributed by atoms with Crippen molar-refractivity contribution in [3.8, 4) is 27.9 Å².